The molecular weight excluding hydrogens is 260 g/mol. The second kappa shape index (κ2) is 4.56. The molecule has 19 heavy (non-hydrogen) atoms. The third-order valence-electron chi connectivity index (χ3n) is 2.88. The number of benzene rings is 1. The van der Waals surface area contributed by atoms with Crippen LogP contribution in [0, 0.1) is 6.92 Å². The minimum atomic E-state index is -0.193. The van der Waals surface area contributed by atoms with Gasteiger partial charge < -0.3 is 5.73 Å². The van der Waals surface area contributed by atoms with E-state index in [2.05, 4.69) is 10.1 Å². The summed E-state index contributed by atoms with van der Waals surface area (Å²) >= 11 is 1.39. The van der Waals surface area contributed by atoms with Crippen LogP contribution >= 0.6 is 11.3 Å². The molecular formula is C13H12N4OS. The Labute approximate surface area is 113 Å². The third-order valence-corrected chi connectivity index (χ3v) is 3.82. The molecule has 3 rings (SSSR count). The number of aryl methyl sites for hydroxylation is 1. The van der Waals surface area contributed by atoms with Crippen molar-refractivity contribution in [2.24, 2.45) is 5.73 Å². The van der Waals surface area contributed by atoms with Gasteiger partial charge in [0.15, 0.2) is 0 Å². The molecule has 2 N–H and O–H groups in total. The molecule has 0 aliphatic rings. The predicted molar refractivity (Wildman–Crippen MR) is 75.2 cm³/mol. The lowest BCUT2D eigenvalue weighted by atomic mass is 10.1. The molecule has 96 valence electrons. The van der Waals surface area contributed by atoms with Crippen LogP contribution in [0.2, 0.25) is 0 Å². The van der Waals surface area contributed by atoms with Crippen molar-refractivity contribution in [1.82, 2.24) is 14.6 Å². The summed E-state index contributed by atoms with van der Waals surface area (Å²) in [6.45, 7) is 2.27. The van der Waals surface area contributed by atoms with Crippen LogP contribution in [0.3, 0.4) is 0 Å². The van der Waals surface area contributed by atoms with Crippen LogP contribution in [0.5, 0.6) is 0 Å². The van der Waals surface area contributed by atoms with Crippen molar-refractivity contribution in [3.8, 4) is 10.6 Å². The van der Waals surface area contributed by atoms with Crippen LogP contribution in [0.25, 0.3) is 15.5 Å². The summed E-state index contributed by atoms with van der Waals surface area (Å²) < 4.78 is 1.32. The van der Waals surface area contributed by atoms with E-state index < -0.39 is 0 Å². The van der Waals surface area contributed by atoms with Crippen LogP contribution in [-0.4, -0.2) is 14.6 Å². The maximum Gasteiger partial charge on any atom is 0.275 e. The van der Waals surface area contributed by atoms with Gasteiger partial charge in [-0.15, -0.1) is 0 Å². The largest absolute Gasteiger partial charge is 0.325 e. The van der Waals surface area contributed by atoms with E-state index in [4.69, 9.17) is 5.73 Å². The Morgan fingerprint density at radius 1 is 1.37 bits per heavy atom. The zero-order valence-corrected chi connectivity index (χ0v) is 11.1. The summed E-state index contributed by atoms with van der Waals surface area (Å²) in [5.41, 5.74) is 8.06. The molecule has 1 aromatic carbocycles. The Balaban J connectivity index is 2.25. The molecule has 0 saturated carbocycles. The van der Waals surface area contributed by atoms with E-state index in [1.807, 2.05) is 31.2 Å². The lowest BCUT2D eigenvalue weighted by molar-refractivity contribution is 0.872. The topological polar surface area (TPSA) is 73.3 Å². The van der Waals surface area contributed by atoms with Crippen molar-refractivity contribution < 1.29 is 0 Å². The minimum Gasteiger partial charge on any atom is -0.325 e. The zero-order chi connectivity index (χ0) is 13.4. The summed E-state index contributed by atoms with van der Waals surface area (Å²) in [7, 11) is 0. The maximum absolute atomic E-state index is 11.9. The molecule has 0 fully saturated rings. The molecule has 0 aliphatic heterocycles. The first-order chi connectivity index (χ1) is 9.19. The van der Waals surface area contributed by atoms with Gasteiger partial charge in [-0.05, 0) is 12.5 Å². The molecule has 0 amide bonds. The second-order valence-electron chi connectivity index (χ2n) is 4.21. The molecule has 2 heterocycles. The predicted octanol–water partition coefficient (Wildman–Crippen LogP) is 1.59. The number of aromatic nitrogens is 3. The van der Waals surface area contributed by atoms with Gasteiger partial charge in [-0.3, -0.25) is 4.79 Å². The molecule has 3 aromatic rings. The summed E-state index contributed by atoms with van der Waals surface area (Å²) in [4.78, 5) is 16.8. The van der Waals surface area contributed by atoms with E-state index in [0.29, 0.717) is 10.7 Å². The van der Waals surface area contributed by atoms with Gasteiger partial charge in [-0.25, -0.2) is 4.98 Å². The Kier molecular flexibility index (Phi) is 2.88. The van der Waals surface area contributed by atoms with Gasteiger partial charge in [0.1, 0.15) is 5.01 Å². The van der Waals surface area contributed by atoms with E-state index in [9.17, 15) is 4.79 Å². The molecule has 0 radical (unpaired) electrons. The van der Waals surface area contributed by atoms with E-state index in [1.54, 1.807) is 0 Å². The fourth-order valence-electron chi connectivity index (χ4n) is 1.88. The number of nitrogens with two attached hydrogens (primary N) is 1. The first-order valence-corrected chi connectivity index (χ1v) is 6.66. The summed E-state index contributed by atoms with van der Waals surface area (Å²) in [6, 6.07) is 9.36. The van der Waals surface area contributed by atoms with Crippen LogP contribution in [0.15, 0.2) is 35.1 Å². The van der Waals surface area contributed by atoms with Crippen molar-refractivity contribution in [3.63, 3.8) is 0 Å². The molecule has 0 saturated heterocycles. The van der Waals surface area contributed by atoms with Crippen LogP contribution < -0.4 is 11.3 Å². The highest BCUT2D eigenvalue weighted by atomic mass is 32.1. The molecule has 0 spiro atoms. The normalized spacial score (nSPS) is 11.1. The Bertz CT molecular complexity index is 806. The van der Waals surface area contributed by atoms with E-state index >= 15 is 0 Å². The van der Waals surface area contributed by atoms with E-state index in [-0.39, 0.29) is 12.1 Å². The quantitative estimate of drug-likeness (QED) is 0.768. The second-order valence-corrected chi connectivity index (χ2v) is 5.16. The van der Waals surface area contributed by atoms with E-state index in [0.717, 1.165) is 16.1 Å². The fraction of sp³-hybridized carbons (Fsp3) is 0.154. The van der Waals surface area contributed by atoms with Gasteiger partial charge in [-0.1, -0.05) is 35.6 Å². The summed E-state index contributed by atoms with van der Waals surface area (Å²) in [5, 5.41) is 5.13. The highest BCUT2D eigenvalue weighted by Crippen LogP contribution is 2.26. The Morgan fingerprint density at radius 2 is 2.16 bits per heavy atom. The van der Waals surface area contributed by atoms with Crippen molar-refractivity contribution in [2.75, 3.05) is 0 Å². The van der Waals surface area contributed by atoms with Crippen LogP contribution in [-0.2, 0) is 6.54 Å². The SMILES string of the molecule is Cc1ccccc1-c1nn2c(=O)cc(CN)nc2s1. The molecule has 0 atom stereocenters. The van der Waals surface area contributed by atoms with Gasteiger partial charge >= 0.3 is 0 Å². The average Bonchev–Trinajstić information content (AvgIpc) is 2.83. The lowest BCUT2D eigenvalue weighted by Crippen LogP contribution is -2.16. The molecule has 0 aliphatic carbocycles. The first-order valence-electron chi connectivity index (χ1n) is 5.85. The van der Waals surface area contributed by atoms with Crippen LogP contribution in [0.4, 0.5) is 0 Å². The van der Waals surface area contributed by atoms with Crippen molar-refractivity contribution >= 4 is 16.3 Å². The highest BCUT2D eigenvalue weighted by Gasteiger charge is 2.11. The average molecular weight is 272 g/mol. The highest BCUT2D eigenvalue weighted by molar-refractivity contribution is 7.19. The maximum atomic E-state index is 11.9. The molecule has 6 heteroatoms. The van der Waals surface area contributed by atoms with Gasteiger partial charge in [0, 0.05) is 18.2 Å². The van der Waals surface area contributed by atoms with E-state index in [1.165, 1.54) is 21.9 Å². The van der Waals surface area contributed by atoms with Crippen molar-refractivity contribution in [3.05, 3.63) is 51.9 Å². The number of rotatable bonds is 2. The van der Waals surface area contributed by atoms with Gasteiger partial charge in [0.05, 0.1) is 5.69 Å². The summed E-state index contributed by atoms with van der Waals surface area (Å²) in [6.07, 6.45) is 0. The summed E-state index contributed by atoms with van der Waals surface area (Å²) in [5.74, 6) is 0. The lowest BCUT2D eigenvalue weighted by Gasteiger charge is -1.98. The Morgan fingerprint density at radius 3 is 2.89 bits per heavy atom. The standard InChI is InChI=1S/C13H12N4OS/c1-8-4-2-3-5-10(8)12-16-17-11(18)6-9(7-14)15-13(17)19-12/h2-6H,7,14H2,1H3. The van der Waals surface area contributed by atoms with Gasteiger partial charge in [0.2, 0.25) is 4.96 Å². The molecule has 5 nitrogen and oxygen atoms in total. The number of nitrogens with zero attached hydrogens (tertiary/aromatic N) is 3. The van der Waals surface area contributed by atoms with Crippen LogP contribution in [0.1, 0.15) is 11.3 Å². The number of hydrogen-bond donors (Lipinski definition) is 1. The van der Waals surface area contributed by atoms with Crippen molar-refractivity contribution in [2.45, 2.75) is 13.5 Å². The molecule has 0 bridgehead atoms. The Hall–Kier alpha value is -2.05. The monoisotopic (exact) mass is 272 g/mol. The molecule has 2 aromatic heterocycles. The third kappa shape index (κ3) is 2.05. The smallest absolute Gasteiger partial charge is 0.275 e. The van der Waals surface area contributed by atoms with Crippen molar-refractivity contribution in [1.29, 1.82) is 0 Å². The fourth-order valence-corrected chi connectivity index (χ4v) is 2.90. The van der Waals surface area contributed by atoms with Gasteiger partial charge in [-0.2, -0.15) is 9.61 Å². The number of fused-ring (bicyclic) bond motifs is 1. The first kappa shape index (κ1) is 12.0. The zero-order valence-electron chi connectivity index (χ0n) is 10.3. The number of hydrogen-bond acceptors (Lipinski definition) is 5. The minimum absolute atomic E-state index is 0.193. The molecule has 0 unspecified atom stereocenters. The van der Waals surface area contributed by atoms with Gasteiger partial charge in [0.25, 0.3) is 5.56 Å².